The number of carbonyl (C=O) groups excluding carboxylic acids is 1. The number of hydrogen-bond acceptors (Lipinski definition) is 6. The molecule has 6 heteroatoms. The summed E-state index contributed by atoms with van der Waals surface area (Å²) in [5.74, 6) is 0.364. The van der Waals surface area contributed by atoms with E-state index < -0.39 is 0 Å². The van der Waals surface area contributed by atoms with Gasteiger partial charge in [-0.2, -0.15) is 0 Å². The summed E-state index contributed by atoms with van der Waals surface area (Å²) >= 11 is 0. The average Bonchev–Trinajstić information content (AvgIpc) is 3.27. The van der Waals surface area contributed by atoms with Crippen LogP contribution in [0.1, 0.15) is 18.7 Å². The maximum atomic E-state index is 12.7. The summed E-state index contributed by atoms with van der Waals surface area (Å²) in [5.41, 5.74) is 4.10. The number of benzene rings is 3. The number of carbonyl (C=O) groups is 1. The number of rotatable bonds is 5. The van der Waals surface area contributed by atoms with Crippen LogP contribution in [0.15, 0.2) is 90.0 Å². The molecule has 1 atom stereocenters. The van der Waals surface area contributed by atoms with Gasteiger partial charge in [0.25, 0.3) is 0 Å². The summed E-state index contributed by atoms with van der Waals surface area (Å²) in [4.78, 5) is 17.0. The molecule has 0 radical (unpaired) electrons. The molecule has 1 unspecified atom stereocenters. The van der Waals surface area contributed by atoms with E-state index in [0.29, 0.717) is 5.84 Å². The first-order valence-corrected chi connectivity index (χ1v) is 10.9. The van der Waals surface area contributed by atoms with E-state index in [4.69, 9.17) is 9.84 Å². The fourth-order valence-corrected chi connectivity index (χ4v) is 4.27. The smallest absolute Gasteiger partial charge is 0.198 e. The van der Waals surface area contributed by atoms with Gasteiger partial charge in [-0.3, -0.25) is 9.69 Å². The predicted octanol–water partition coefficient (Wildman–Crippen LogP) is 4.45. The predicted molar refractivity (Wildman–Crippen MR) is 128 cm³/mol. The van der Waals surface area contributed by atoms with Crippen molar-refractivity contribution in [3.05, 3.63) is 90.5 Å². The molecule has 2 aliphatic rings. The lowest BCUT2D eigenvalue weighted by molar-refractivity contribution is -0.111. The number of Topliss-reactive ketones (excluding diaryl/α,β-unsaturated/α-hetero) is 1. The minimum Gasteiger partial charge on any atom is -0.378 e. The minimum atomic E-state index is -0.258. The number of nitrogens with zero attached hydrogens (tertiary/aromatic N) is 4. The molecule has 2 heterocycles. The molecule has 6 nitrogen and oxygen atoms in total. The highest BCUT2D eigenvalue weighted by Gasteiger charge is 2.39. The standard InChI is InChI=1S/C26H26N4O2/c1-20(31)25-27-30(24-10-6-3-7-11-24)26(21-8-4-2-5-9-21)29(25)23-14-12-22(13-15-23)28-16-18-32-19-17-28/h2-15,26H,16-19H2,1H3. The van der Waals surface area contributed by atoms with Crippen LogP contribution >= 0.6 is 0 Å². The zero-order valence-corrected chi connectivity index (χ0v) is 18.1. The Morgan fingerprint density at radius 1 is 0.812 bits per heavy atom. The second-order valence-electron chi connectivity index (χ2n) is 7.93. The fraction of sp³-hybridized carbons (Fsp3) is 0.231. The van der Waals surface area contributed by atoms with E-state index in [1.807, 2.05) is 58.4 Å². The van der Waals surface area contributed by atoms with Crippen molar-refractivity contribution in [1.82, 2.24) is 0 Å². The Morgan fingerprint density at radius 2 is 1.41 bits per heavy atom. The zero-order chi connectivity index (χ0) is 21.9. The highest BCUT2D eigenvalue weighted by atomic mass is 16.5. The van der Waals surface area contributed by atoms with Crippen LogP contribution in [0.25, 0.3) is 0 Å². The van der Waals surface area contributed by atoms with Crippen LogP contribution < -0.4 is 14.8 Å². The maximum absolute atomic E-state index is 12.7. The molecule has 1 saturated heterocycles. The lowest BCUT2D eigenvalue weighted by Gasteiger charge is -2.33. The largest absolute Gasteiger partial charge is 0.378 e. The van der Waals surface area contributed by atoms with Crippen molar-refractivity contribution in [1.29, 1.82) is 0 Å². The lowest BCUT2D eigenvalue weighted by atomic mass is 10.1. The van der Waals surface area contributed by atoms with Crippen LogP contribution in [0.4, 0.5) is 17.1 Å². The highest BCUT2D eigenvalue weighted by molar-refractivity contribution is 6.44. The lowest BCUT2D eigenvalue weighted by Crippen LogP contribution is -2.38. The Kier molecular flexibility index (Phi) is 5.60. The Balaban J connectivity index is 1.56. The Hall–Kier alpha value is -3.64. The van der Waals surface area contributed by atoms with Gasteiger partial charge in [-0.1, -0.05) is 48.5 Å². The molecule has 0 N–H and O–H groups in total. The van der Waals surface area contributed by atoms with Crippen molar-refractivity contribution in [2.75, 3.05) is 41.1 Å². The molecule has 0 amide bonds. The van der Waals surface area contributed by atoms with Crippen LogP contribution in [0.3, 0.4) is 0 Å². The summed E-state index contributed by atoms with van der Waals surface area (Å²) in [6.45, 7) is 4.84. The van der Waals surface area contributed by atoms with E-state index in [-0.39, 0.29) is 11.9 Å². The molecule has 1 fully saturated rings. The van der Waals surface area contributed by atoms with E-state index in [0.717, 1.165) is 48.9 Å². The van der Waals surface area contributed by atoms with Crippen LogP contribution in [0, 0.1) is 0 Å². The summed E-state index contributed by atoms with van der Waals surface area (Å²) in [6.07, 6.45) is -0.258. The second kappa shape index (κ2) is 8.85. The Bertz CT molecular complexity index is 1090. The number of para-hydroxylation sites is 1. The second-order valence-corrected chi connectivity index (χ2v) is 7.93. The summed E-state index contributed by atoms with van der Waals surface area (Å²) < 4.78 is 5.47. The molecular formula is C26H26N4O2. The molecule has 0 spiro atoms. The number of hydrazone groups is 1. The third-order valence-electron chi connectivity index (χ3n) is 5.84. The van der Waals surface area contributed by atoms with Gasteiger partial charge < -0.3 is 9.64 Å². The van der Waals surface area contributed by atoms with Crippen molar-refractivity contribution in [3.63, 3.8) is 0 Å². The molecule has 0 aromatic heterocycles. The van der Waals surface area contributed by atoms with Crippen LogP contribution in [0.2, 0.25) is 0 Å². The Morgan fingerprint density at radius 3 is 2.03 bits per heavy atom. The molecule has 0 bridgehead atoms. The first-order chi connectivity index (χ1) is 15.7. The van der Waals surface area contributed by atoms with Crippen molar-refractivity contribution in [2.24, 2.45) is 5.10 Å². The van der Waals surface area contributed by atoms with Gasteiger partial charge in [0.2, 0.25) is 0 Å². The maximum Gasteiger partial charge on any atom is 0.198 e. The molecule has 3 aromatic rings. The van der Waals surface area contributed by atoms with Gasteiger partial charge >= 0.3 is 0 Å². The summed E-state index contributed by atoms with van der Waals surface area (Å²) in [7, 11) is 0. The molecule has 5 rings (SSSR count). The van der Waals surface area contributed by atoms with Gasteiger partial charge in [0.05, 0.1) is 18.9 Å². The van der Waals surface area contributed by atoms with Crippen molar-refractivity contribution in [3.8, 4) is 0 Å². The van der Waals surface area contributed by atoms with E-state index >= 15 is 0 Å². The van der Waals surface area contributed by atoms with Crippen molar-refractivity contribution < 1.29 is 9.53 Å². The number of ketones is 1. The normalized spacial score (nSPS) is 18.6. The van der Waals surface area contributed by atoms with Gasteiger partial charge in [-0.05, 0) is 42.0 Å². The topological polar surface area (TPSA) is 48.4 Å². The van der Waals surface area contributed by atoms with Gasteiger partial charge in [0.1, 0.15) is 0 Å². The van der Waals surface area contributed by atoms with Crippen molar-refractivity contribution >= 4 is 28.7 Å². The fourth-order valence-electron chi connectivity index (χ4n) is 4.27. The molecular weight excluding hydrogens is 400 g/mol. The third kappa shape index (κ3) is 3.85. The number of anilines is 3. The number of hydrogen-bond donors (Lipinski definition) is 0. The van der Waals surface area contributed by atoms with E-state index in [2.05, 4.69) is 41.3 Å². The minimum absolute atomic E-state index is 0.0679. The van der Waals surface area contributed by atoms with Crippen LogP contribution in [0.5, 0.6) is 0 Å². The zero-order valence-electron chi connectivity index (χ0n) is 18.1. The molecule has 32 heavy (non-hydrogen) atoms. The number of morpholine rings is 1. The average molecular weight is 427 g/mol. The first kappa shape index (κ1) is 20.3. The van der Waals surface area contributed by atoms with Gasteiger partial charge in [0.15, 0.2) is 17.8 Å². The molecule has 0 aliphatic carbocycles. The summed E-state index contributed by atoms with van der Waals surface area (Å²) in [5, 5.41) is 6.72. The van der Waals surface area contributed by atoms with E-state index in [1.54, 1.807) is 6.92 Å². The molecule has 3 aromatic carbocycles. The molecule has 2 aliphatic heterocycles. The summed E-state index contributed by atoms with van der Waals surface area (Å²) in [6, 6.07) is 28.6. The molecule has 0 saturated carbocycles. The third-order valence-corrected chi connectivity index (χ3v) is 5.84. The highest BCUT2D eigenvalue weighted by Crippen LogP contribution is 2.39. The van der Waals surface area contributed by atoms with Crippen LogP contribution in [-0.4, -0.2) is 37.9 Å². The van der Waals surface area contributed by atoms with Gasteiger partial charge in [-0.25, -0.2) is 5.01 Å². The monoisotopic (exact) mass is 426 g/mol. The van der Waals surface area contributed by atoms with E-state index in [1.165, 1.54) is 0 Å². The quantitative estimate of drug-likeness (QED) is 0.603. The van der Waals surface area contributed by atoms with Gasteiger partial charge in [-0.15, -0.1) is 5.10 Å². The van der Waals surface area contributed by atoms with Crippen LogP contribution in [-0.2, 0) is 9.53 Å². The molecule has 162 valence electrons. The van der Waals surface area contributed by atoms with Gasteiger partial charge in [0, 0.05) is 31.4 Å². The number of ether oxygens (including phenoxy) is 1. The SMILES string of the molecule is CC(=O)C1=NN(c2ccccc2)C(c2ccccc2)N1c1ccc(N2CCOCC2)cc1. The van der Waals surface area contributed by atoms with E-state index in [9.17, 15) is 4.79 Å². The Labute approximate surface area is 188 Å². The number of amidine groups is 1. The first-order valence-electron chi connectivity index (χ1n) is 10.9. The van der Waals surface area contributed by atoms with Crippen molar-refractivity contribution in [2.45, 2.75) is 13.1 Å².